The Morgan fingerprint density at radius 3 is 2.68 bits per heavy atom. The van der Waals surface area contributed by atoms with Gasteiger partial charge in [0.25, 0.3) is 5.91 Å². The van der Waals surface area contributed by atoms with E-state index in [2.05, 4.69) is 21.2 Å². The van der Waals surface area contributed by atoms with E-state index in [0.29, 0.717) is 5.56 Å². The van der Waals surface area contributed by atoms with Gasteiger partial charge in [0.05, 0.1) is 17.6 Å². The minimum atomic E-state index is -1.47. The first-order chi connectivity index (χ1) is 8.71. The Kier molecular flexibility index (Phi) is 5.75. The average Bonchev–Trinajstić information content (AvgIpc) is 2.27. The fourth-order valence-electron chi connectivity index (χ4n) is 1.43. The Hall–Kier alpha value is -0.670. The molecule has 0 saturated heterocycles. The Balaban J connectivity index is 2.70. The first-order valence-electron chi connectivity index (χ1n) is 5.39. The molecular weight excluding hydrogens is 429 g/mol. The number of carbonyl (C=O) groups is 2. The number of carbonyl (C=O) groups excluding carboxylic acids is 1. The number of carboxylic acid groups (broad SMARTS) is 1. The predicted octanol–water partition coefficient (Wildman–Crippen LogP) is 2.01. The zero-order valence-electron chi connectivity index (χ0n) is 10.1. The fraction of sp³-hybridized carbons (Fsp3) is 0.333. The Bertz CT molecular complexity index is 505. The summed E-state index contributed by atoms with van der Waals surface area (Å²) in [6.45, 7) is 1.24. The van der Waals surface area contributed by atoms with E-state index < -0.39 is 18.0 Å². The molecule has 1 aromatic carbocycles. The molecule has 19 heavy (non-hydrogen) atoms. The van der Waals surface area contributed by atoms with Gasteiger partial charge in [0.2, 0.25) is 0 Å². The molecule has 7 heteroatoms. The van der Waals surface area contributed by atoms with Crippen LogP contribution in [-0.4, -0.2) is 34.2 Å². The number of carboxylic acids is 1. The van der Waals surface area contributed by atoms with E-state index in [4.69, 9.17) is 5.11 Å². The number of nitrogens with one attached hydrogen (secondary N) is 1. The number of amides is 1. The maximum atomic E-state index is 12.0. The van der Waals surface area contributed by atoms with Crippen LogP contribution < -0.4 is 5.32 Å². The van der Waals surface area contributed by atoms with Crippen LogP contribution in [0.25, 0.3) is 0 Å². The van der Waals surface area contributed by atoms with Crippen molar-refractivity contribution in [3.05, 3.63) is 31.8 Å². The molecular formula is C12H13BrINO4. The van der Waals surface area contributed by atoms with Crippen molar-refractivity contribution in [1.82, 2.24) is 5.32 Å². The molecule has 1 aromatic rings. The van der Waals surface area contributed by atoms with Gasteiger partial charge in [0.15, 0.2) is 0 Å². The predicted molar refractivity (Wildman–Crippen MR) is 82.1 cm³/mol. The average molecular weight is 442 g/mol. The third kappa shape index (κ3) is 5.45. The summed E-state index contributed by atoms with van der Waals surface area (Å²) >= 11 is 5.31. The van der Waals surface area contributed by atoms with Gasteiger partial charge in [-0.3, -0.25) is 9.59 Å². The minimum absolute atomic E-state index is 0.124. The summed E-state index contributed by atoms with van der Waals surface area (Å²) < 4.78 is 1.55. The van der Waals surface area contributed by atoms with Crippen LogP contribution in [-0.2, 0) is 4.79 Å². The zero-order chi connectivity index (χ0) is 14.6. The summed E-state index contributed by atoms with van der Waals surface area (Å²) in [4.78, 5) is 22.5. The van der Waals surface area contributed by atoms with E-state index >= 15 is 0 Å². The highest BCUT2D eigenvalue weighted by molar-refractivity contribution is 14.1. The SMILES string of the molecule is CC(O)(CNC(=O)c1cc(Br)ccc1I)CC(=O)O. The van der Waals surface area contributed by atoms with Crippen molar-refractivity contribution in [3.8, 4) is 0 Å². The lowest BCUT2D eigenvalue weighted by Crippen LogP contribution is -2.42. The van der Waals surface area contributed by atoms with Crippen LogP contribution in [0.1, 0.15) is 23.7 Å². The summed E-state index contributed by atoms with van der Waals surface area (Å²) in [5, 5.41) is 21.0. The Morgan fingerprint density at radius 1 is 1.47 bits per heavy atom. The first kappa shape index (κ1) is 16.4. The topological polar surface area (TPSA) is 86.6 Å². The van der Waals surface area contributed by atoms with Crippen molar-refractivity contribution in [1.29, 1.82) is 0 Å². The number of aliphatic carboxylic acids is 1. The number of benzene rings is 1. The molecule has 1 rings (SSSR count). The van der Waals surface area contributed by atoms with Gasteiger partial charge in [-0.05, 0) is 47.7 Å². The van der Waals surface area contributed by atoms with Crippen molar-refractivity contribution in [3.63, 3.8) is 0 Å². The second-order valence-corrected chi connectivity index (χ2v) is 6.45. The van der Waals surface area contributed by atoms with Crippen molar-refractivity contribution in [2.75, 3.05) is 6.54 Å². The van der Waals surface area contributed by atoms with E-state index in [-0.39, 0.29) is 12.5 Å². The number of hydrogen-bond acceptors (Lipinski definition) is 3. The molecule has 1 amide bonds. The lowest BCUT2D eigenvalue weighted by molar-refractivity contribution is -0.141. The molecule has 0 fully saturated rings. The second-order valence-electron chi connectivity index (χ2n) is 4.37. The zero-order valence-corrected chi connectivity index (χ0v) is 13.9. The molecule has 0 bridgehead atoms. The van der Waals surface area contributed by atoms with Gasteiger partial charge in [0.1, 0.15) is 0 Å². The molecule has 5 nitrogen and oxygen atoms in total. The van der Waals surface area contributed by atoms with Gasteiger partial charge >= 0.3 is 5.97 Å². The summed E-state index contributed by atoms with van der Waals surface area (Å²) in [5.74, 6) is -1.47. The third-order valence-corrected chi connectivity index (χ3v) is 3.77. The van der Waals surface area contributed by atoms with Crippen molar-refractivity contribution < 1.29 is 19.8 Å². The smallest absolute Gasteiger partial charge is 0.306 e. The first-order valence-corrected chi connectivity index (χ1v) is 7.26. The summed E-state index contributed by atoms with van der Waals surface area (Å²) in [6, 6.07) is 5.27. The van der Waals surface area contributed by atoms with Crippen LogP contribution in [0.2, 0.25) is 0 Å². The van der Waals surface area contributed by atoms with Crippen LogP contribution in [0.5, 0.6) is 0 Å². The number of halogens is 2. The van der Waals surface area contributed by atoms with Gasteiger partial charge < -0.3 is 15.5 Å². The van der Waals surface area contributed by atoms with Crippen molar-refractivity contribution in [2.45, 2.75) is 18.9 Å². The molecule has 0 saturated carbocycles. The van der Waals surface area contributed by atoms with Crippen LogP contribution in [0, 0.1) is 3.57 Å². The molecule has 0 radical (unpaired) electrons. The normalized spacial score (nSPS) is 13.7. The fourth-order valence-corrected chi connectivity index (χ4v) is 2.37. The molecule has 104 valence electrons. The molecule has 0 spiro atoms. The van der Waals surface area contributed by atoms with E-state index in [0.717, 1.165) is 8.04 Å². The minimum Gasteiger partial charge on any atom is -0.481 e. The quantitative estimate of drug-likeness (QED) is 0.610. The van der Waals surface area contributed by atoms with Crippen molar-refractivity contribution >= 4 is 50.4 Å². The van der Waals surface area contributed by atoms with E-state index in [1.165, 1.54) is 6.92 Å². The van der Waals surface area contributed by atoms with Crippen LogP contribution in [0.15, 0.2) is 22.7 Å². The summed E-state index contributed by atoms with van der Waals surface area (Å²) in [7, 11) is 0. The molecule has 0 aliphatic rings. The maximum absolute atomic E-state index is 12.0. The standard InChI is InChI=1S/C12H13BrINO4/c1-12(19,5-10(16)17)6-15-11(18)8-4-7(13)2-3-9(8)14/h2-4,19H,5-6H2,1H3,(H,15,18)(H,16,17). The maximum Gasteiger partial charge on any atom is 0.306 e. The highest BCUT2D eigenvalue weighted by Gasteiger charge is 2.25. The molecule has 3 N–H and O–H groups in total. The van der Waals surface area contributed by atoms with Crippen molar-refractivity contribution in [2.24, 2.45) is 0 Å². The van der Waals surface area contributed by atoms with Gasteiger partial charge in [-0.1, -0.05) is 15.9 Å². The van der Waals surface area contributed by atoms with Gasteiger partial charge in [0, 0.05) is 14.6 Å². The molecule has 1 unspecified atom stereocenters. The van der Waals surface area contributed by atoms with Crippen LogP contribution in [0.3, 0.4) is 0 Å². The molecule has 0 aliphatic carbocycles. The lowest BCUT2D eigenvalue weighted by atomic mass is 10.0. The Morgan fingerprint density at radius 2 is 2.11 bits per heavy atom. The van der Waals surface area contributed by atoms with Crippen LogP contribution in [0.4, 0.5) is 0 Å². The summed E-state index contributed by atoms with van der Waals surface area (Å²) in [6.07, 6.45) is -0.428. The monoisotopic (exact) mass is 441 g/mol. The summed E-state index contributed by atoms with van der Waals surface area (Å²) in [5.41, 5.74) is -1.00. The van der Waals surface area contributed by atoms with E-state index in [1.807, 2.05) is 28.7 Å². The van der Waals surface area contributed by atoms with Gasteiger partial charge in [-0.2, -0.15) is 0 Å². The van der Waals surface area contributed by atoms with E-state index in [1.54, 1.807) is 12.1 Å². The Labute approximate surface area is 132 Å². The number of aliphatic hydroxyl groups is 1. The largest absolute Gasteiger partial charge is 0.481 e. The number of hydrogen-bond donors (Lipinski definition) is 3. The number of rotatable bonds is 5. The van der Waals surface area contributed by atoms with E-state index in [9.17, 15) is 14.7 Å². The highest BCUT2D eigenvalue weighted by Crippen LogP contribution is 2.18. The molecule has 0 aliphatic heterocycles. The van der Waals surface area contributed by atoms with Gasteiger partial charge in [-0.25, -0.2) is 0 Å². The molecule has 1 atom stereocenters. The van der Waals surface area contributed by atoms with Crippen LogP contribution >= 0.6 is 38.5 Å². The lowest BCUT2D eigenvalue weighted by Gasteiger charge is -2.21. The third-order valence-electron chi connectivity index (χ3n) is 2.33. The molecule has 0 heterocycles. The second kappa shape index (κ2) is 6.67. The highest BCUT2D eigenvalue weighted by atomic mass is 127. The van der Waals surface area contributed by atoms with Gasteiger partial charge in [-0.15, -0.1) is 0 Å². The molecule has 0 aromatic heterocycles.